The van der Waals surface area contributed by atoms with E-state index in [4.69, 9.17) is 15.9 Å². The van der Waals surface area contributed by atoms with Crippen LogP contribution in [0.25, 0.3) is 0 Å². The minimum Gasteiger partial charge on any atom is -0.437 e. The van der Waals surface area contributed by atoms with Crippen molar-refractivity contribution >= 4 is 5.84 Å². The number of nitrogen functional groups attached to an aromatic ring is 1. The van der Waals surface area contributed by atoms with E-state index >= 15 is 0 Å². The van der Waals surface area contributed by atoms with Crippen LogP contribution in [0, 0.1) is 5.41 Å². The first kappa shape index (κ1) is 13.0. The molecule has 2 aromatic rings. The molecule has 0 aliphatic carbocycles. The first-order valence-electron chi connectivity index (χ1n) is 6.02. The summed E-state index contributed by atoms with van der Waals surface area (Å²) < 4.78 is 5.77. The molecular formula is C14H16N4O. The number of nitrogens with zero attached hydrogens (tertiary/aromatic N) is 2. The Labute approximate surface area is 111 Å². The van der Waals surface area contributed by atoms with E-state index in [1.54, 1.807) is 6.07 Å². The van der Waals surface area contributed by atoms with E-state index in [0.29, 0.717) is 17.2 Å². The lowest BCUT2D eigenvalue weighted by atomic mass is 10.0. The van der Waals surface area contributed by atoms with Gasteiger partial charge in [-0.1, -0.05) is 32.0 Å². The fourth-order valence-corrected chi connectivity index (χ4v) is 1.75. The molecule has 0 unspecified atom stereocenters. The molecule has 0 spiro atoms. The average molecular weight is 256 g/mol. The van der Waals surface area contributed by atoms with E-state index in [2.05, 4.69) is 24.0 Å². The van der Waals surface area contributed by atoms with Crippen LogP contribution in [-0.2, 0) is 0 Å². The van der Waals surface area contributed by atoms with Crippen LogP contribution in [-0.4, -0.2) is 16.0 Å². The summed E-state index contributed by atoms with van der Waals surface area (Å²) >= 11 is 0. The standard InChI is InChI=1S/C14H16N4O/c1-9(2)10-5-3-4-6-12(10)19-14-11(13(15)16)7-8-17-18-14/h3-9H,1-2H3,(H3,15,16). The summed E-state index contributed by atoms with van der Waals surface area (Å²) in [5.41, 5.74) is 7.01. The summed E-state index contributed by atoms with van der Waals surface area (Å²) in [5, 5.41) is 15.2. The molecule has 2 rings (SSSR count). The van der Waals surface area contributed by atoms with Gasteiger partial charge in [0.25, 0.3) is 0 Å². The average Bonchev–Trinajstić information content (AvgIpc) is 2.39. The molecule has 1 heterocycles. The second-order valence-corrected chi connectivity index (χ2v) is 4.46. The van der Waals surface area contributed by atoms with Crippen LogP contribution in [0.5, 0.6) is 11.6 Å². The number of benzene rings is 1. The van der Waals surface area contributed by atoms with Gasteiger partial charge >= 0.3 is 0 Å². The molecule has 0 fully saturated rings. The van der Waals surface area contributed by atoms with Crippen molar-refractivity contribution in [1.29, 1.82) is 5.41 Å². The van der Waals surface area contributed by atoms with Gasteiger partial charge in [-0.05, 0) is 23.6 Å². The highest BCUT2D eigenvalue weighted by atomic mass is 16.5. The van der Waals surface area contributed by atoms with Gasteiger partial charge < -0.3 is 10.5 Å². The maximum absolute atomic E-state index is 7.51. The largest absolute Gasteiger partial charge is 0.437 e. The predicted octanol–water partition coefficient (Wildman–Crippen LogP) is 2.68. The molecule has 1 aromatic heterocycles. The van der Waals surface area contributed by atoms with E-state index in [1.165, 1.54) is 6.20 Å². The Hall–Kier alpha value is -2.43. The number of para-hydroxylation sites is 1. The van der Waals surface area contributed by atoms with Gasteiger partial charge in [0, 0.05) is 0 Å². The maximum atomic E-state index is 7.51. The Morgan fingerprint density at radius 3 is 2.68 bits per heavy atom. The zero-order valence-corrected chi connectivity index (χ0v) is 10.9. The Morgan fingerprint density at radius 1 is 1.26 bits per heavy atom. The number of aromatic nitrogens is 2. The van der Waals surface area contributed by atoms with E-state index in [-0.39, 0.29) is 11.7 Å². The van der Waals surface area contributed by atoms with Gasteiger partial charge in [0.15, 0.2) is 0 Å². The van der Waals surface area contributed by atoms with Gasteiger partial charge in [-0.25, -0.2) is 0 Å². The number of amidine groups is 1. The van der Waals surface area contributed by atoms with Crippen LogP contribution in [0.4, 0.5) is 0 Å². The molecule has 19 heavy (non-hydrogen) atoms. The number of hydrogen-bond acceptors (Lipinski definition) is 4. The number of hydrogen-bond donors (Lipinski definition) is 2. The van der Waals surface area contributed by atoms with Gasteiger partial charge in [0.1, 0.15) is 11.6 Å². The first-order chi connectivity index (χ1) is 9.09. The summed E-state index contributed by atoms with van der Waals surface area (Å²) in [6, 6.07) is 9.34. The minimum absolute atomic E-state index is 0.0908. The molecule has 5 heteroatoms. The first-order valence-corrected chi connectivity index (χ1v) is 6.02. The molecule has 0 saturated carbocycles. The second-order valence-electron chi connectivity index (χ2n) is 4.46. The van der Waals surface area contributed by atoms with Gasteiger partial charge in [-0.3, -0.25) is 5.41 Å². The highest BCUT2D eigenvalue weighted by Crippen LogP contribution is 2.30. The molecule has 1 aromatic carbocycles. The van der Waals surface area contributed by atoms with Gasteiger partial charge in [-0.15, -0.1) is 5.10 Å². The minimum atomic E-state index is -0.0908. The van der Waals surface area contributed by atoms with Crippen molar-refractivity contribution in [3.05, 3.63) is 47.7 Å². The lowest BCUT2D eigenvalue weighted by Crippen LogP contribution is -2.13. The van der Waals surface area contributed by atoms with Crippen molar-refractivity contribution < 1.29 is 4.74 Å². The van der Waals surface area contributed by atoms with Gasteiger partial charge in [0.2, 0.25) is 5.88 Å². The second kappa shape index (κ2) is 5.48. The molecule has 0 aliphatic rings. The topological polar surface area (TPSA) is 84.9 Å². The fourth-order valence-electron chi connectivity index (χ4n) is 1.75. The third-order valence-corrected chi connectivity index (χ3v) is 2.72. The van der Waals surface area contributed by atoms with Crippen LogP contribution < -0.4 is 10.5 Å². The smallest absolute Gasteiger partial charge is 0.249 e. The SMILES string of the molecule is CC(C)c1ccccc1Oc1nnccc1C(=N)N. The Bertz CT molecular complexity index is 596. The van der Waals surface area contributed by atoms with E-state index < -0.39 is 0 Å². The highest BCUT2D eigenvalue weighted by Gasteiger charge is 2.13. The quantitative estimate of drug-likeness (QED) is 0.650. The fraction of sp³-hybridized carbons (Fsp3) is 0.214. The number of rotatable bonds is 4. The summed E-state index contributed by atoms with van der Waals surface area (Å²) in [7, 11) is 0. The molecule has 0 aliphatic heterocycles. The van der Waals surface area contributed by atoms with Crippen molar-refractivity contribution in [3.8, 4) is 11.6 Å². The van der Waals surface area contributed by atoms with Crippen molar-refractivity contribution in [3.63, 3.8) is 0 Å². The summed E-state index contributed by atoms with van der Waals surface area (Å²) in [6.45, 7) is 4.18. The van der Waals surface area contributed by atoms with Crippen LogP contribution in [0.15, 0.2) is 36.5 Å². The van der Waals surface area contributed by atoms with Gasteiger partial charge in [-0.2, -0.15) is 5.10 Å². The van der Waals surface area contributed by atoms with Gasteiger partial charge in [0.05, 0.1) is 11.8 Å². The lowest BCUT2D eigenvalue weighted by Gasteiger charge is -2.13. The Kier molecular flexibility index (Phi) is 3.75. The molecule has 0 amide bonds. The van der Waals surface area contributed by atoms with Crippen molar-refractivity contribution in [2.45, 2.75) is 19.8 Å². The van der Waals surface area contributed by atoms with Crippen molar-refractivity contribution in [1.82, 2.24) is 10.2 Å². The number of ether oxygens (including phenoxy) is 1. The lowest BCUT2D eigenvalue weighted by molar-refractivity contribution is 0.446. The molecule has 3 N–H and O–H groups in total. The Morgan fingerprint density at radius 2 is 2.00 bits per heavy atom. The normalized spacial score (nSPS) is 10.5. The number of nitrogens with two attached hydrogens (primary N) is 1. The molecule has 0 saturated heterocycles. The highest BCUT2D eigenvalue weighted by molar-refractivity contribution is 5.96. The molecule has 5 nitrogen and oxygen atoms in total. The zero-order chi connectivity index (χ0) is 13.8. The molecule has 0 bridgehead atoms. The molecule has 0 radical (unpaired) electrons. The third-order valence-electron chi connectivity index (χ3n) is 2.72. The van der Waals surface area contributed by atoms with Crippen LogP contribution in [0.2, 0.25) is 0 Å². The summed E-state index contributed by atoms with van der Waals surface area (Å²) in [6.07, 6.45) is 1.48. The van der Waals surface area contributed by atoms with E-state index in [9.17, 15) is 0 Å². The zero-order valence-electron chi connectivity index (χ0n) is 10.9. The molecule has 0 atom stereocenters. The van der Waals surface area contributed by atoms with Crippen molar-refractivity contribution in [2.24, 2.45) is 5.73 Å². The third kappa shape index (κ3) is 2.88. The van der Waals surface area contributed by atoms with Crippen LogP contribution >= 0.6 is 0 Å². The van der Waals surface area contributed by atoms with E-state index in [0.717, 1.165) is 5.56 Å². The van der Waals surface area contributed by atoms with Crippen LogP contribution in [0.3, 0.4) is 0 Å². The predicted molar refractivity (Wildman–Crippen MR) is 73.7 cm³/mol. The van der Waals surface area contributed by atoms with Crippen molar-refractivity contribution in [2.75, 3.05) is 0 Å². The summed E-state index contributed by atoms with van der Waals surface area (Å²) in [5.74, 6) is 1.20. The maximum Gasteiger partial charge on any atom is 0.249 e. The van der Waals surface area contributed by atoms with E-state index in [1.807, 2.05) is 24.3 Å². The monoisotopic (exact) mass is 256 g/mol. The molecular weight excluding hydrogens is 240 g/mol. The molecule has 98 valence electrons. The summed E-state index contributed by atoms with van der Waals surface area (Å²) in [4.78, 5) is 0. The van der Waals surface area contributed by atoms with Crippen LogP contribution in [0.1, 0.15) is 30.9 Å². The number of nitrogens with one attached hydrogen (secondary N) is 1. The Balaban J connectivity index is 2.39.